The zero-order valence-electron chi connectivity index (χ0n) is 14.8. The van der Waals surface area contributed by atoms with Crippen molar-refractivity contribution in [1.29, 1.82) is 0 Å². The molecule has 0 aromatic carbocycles. The maximum atomic E-state index is 13.9. The van der Waals surface area contributed by atoms with Crippen LogP contribution in [0.2, 0.25) is 0 Å². The quantitative estimate of drug-likeness (QED) is 0.692. The second-order valence-corrected chi connectivity index (χ2v) is 8.31. The summed E-state index contributed by atoms with van der Waals surface area (Å²) in [6, 6.07) is 0. The van der Waals surface area contributed by atoms with E-state index in [0.29, 0.717) is 0 Å². The van der Waals surface area contributed by atoms with Crippen LogP contribution in [0.5, 0.6) is 0 Å². The number of aliphatic hydroxyl groups is 1. The molecular weight excluding hydrogens is 403 g/mol. The minimum Gasteiger partial charge on any atom is -0.386 e. The molecular formula is C14H18F2N5O6P. The highest BCUT2D eigenvalue weighted by molar-refractivity contribution is 7.48. The third kappa shape index (κ3) is 2.90. The van der Waals surface area contributed by atoms with Crippen molar-refractivity contribution < 1.29 is 36.8 Å². The predicted octanol–water partition coefficient (Wildman–Crippen LogP) is 1.25. The first-order valence-corrected chi connectivity index (χ1v) is 9.81. The van der Waals surface area contributed by atoms with E-state index in [1.807, 2.05) is 0 Å². The van der Waals surface area contributed by atoms with Crippen molar-refractivity contribution >= 4 is 24.8 Å². The van der Waals surface area contributed by atoms with E-state index in [9.17, 15) is 18.5 Å². The Morgan fingerprint density at radius 3 is 2.86 bits per heavy atom. The molecule has 4 rings (SSSR count). The van der Waals surface area contributed by atoms with Gasteiger partial charge in [0.05, 0.1) is 19.0 Å². The Morgan fingerprint density at radius 2 is 2.18 bits per heavy atom. The van der Waals surface area contributed by atoms with E-state index in [1.54, 1.807) is 13.8 Å². The van der Waals surface area contributed by atoms with Crippen molar-refractivity contribution in [2.75, 3.05) is 12.3 Å². The summed E-state index contributed by atoms with van der Waals surface area (Å²) in [5.74, 6) is 0.0756. The molecule has 28 heavy (non-hydrogen) atoms. The van der Waals surface area contributed by atoms with Crippen molar-refractivity contribution in [2.24, 2.45) is 0 Å². The summed E-state index contributed by atoms with van der Waals surface area (Å²) in [4.78, 5) is 11.8. The Bertz CT molecular complexity index is 944. The van der Waals surface area contributed by atoms with Gasteiger partial charge in [0.1, 0.15) is 24.1 Å². The summed E-state index contributed by atoms with van der Waals surface area (Å²) in [6.45, 7) is 2.36. The highest BCUT2D eigenvalue weighted by Gasteiger charge is 2.67. The monoisotopic (exact) mass is 421 g/mol. The first-order chi connectivity index (χ1) is 13.2. The van der Waals surface area contributed by atoms with Gasteiger partial charge in [0.15, 0.2) is 23.3 Å². The van der Waals surface area contributed by atoms with Crippen LogP contribution in [0.4, 0.5) is 14.6 Å². The van der Waals surface area contributed by atoms with Crippen LogP contribution in [-0.4, -0.2) is 61.6 Å². The van der Waals surface area contributed by atoms with Crippen LogP contribution in [0.3, 0.4) is 0 Å². The molecule has 0 saturated carbocycles. The molecule has 2 aromatic rings. The number of hydrogen-bond acceptors (Lipinski definition) is 10. The minimum absolute atomic E-state index is 0.0756. The lowest BCUT2D eigenvalue weighted by Gasteiger charge is -2.39. The van der Waals surface area contributed by atoms with Crippen LogP contribution in [-0.2, 0) is 22.9 Å². The van der Waals surface area contributed by atoms with Crippen molar-refractivity contribution in [3.8, 4) is 0 Å². The Morgan fingerprint density at radius 1 is 1.43 bits per heavy atom. The number of imidazole rings is 1. The zero-order chi connectivity index (χ0) is 20.3. The molecule has 5 atom stereocenters. The van der Waals surface area contributed by atoms with Crippen LogP contribution in [0.15, 0.2) is 12.7 Å². The highest BCUT2D eigenvalue weighted by atomic mass is 31.2. The molecule has 154 valence electrons. The molecule has 0 spiro atoms. The first kappa shape index (κ1) is 19.6. The number of aliphatic hydroxyl groups excluding tert-OH is 1. The summed E-state index contributed by atoms with van der Waals surface area (Å²) in [6.07, 6.45) is -5.96. The maximum absolute atomic E-state index is 13.9. The molecule has 0 aliphatic carbocycles. The average molecular weight is 421 g/mol. The van der Waals surface area contributed by atoms with Gasteiger partial charge >= 0.3 is 7.82 Å². The van der Waals surface area contributed by atoms with Gasteiger partial charge in [-0.05, 0) is 13.8 Å². The largest absolute Gasteiger partial charge is 0.475 e. The van der Waals surface area contributed by atoms with E-state index in [4.69, 9.17) is 24.0 Å². The number of phosphoric ester groups is 1. The van der Waals surface area contributed by atoms with E-state index in [1.165, 1.54) is 10.9 Å². The lowest BCUT2D eigenvalue weighted by atomic mass is 9.96. The fourth-order valence-electron chi connectivity index (χ4n) is 3.25. The molecule has 0 amide bonds. The number of aromatic nitrogens is 4. The summed E-state index contributed by atoms with van der Waals surface area (Å²) in [5.41, 5.74) is 3.76. The Kier molecular flexibility index (Phi) is 4.64. The van der Waals surface area contributed by atoms with Gasteiger partial charge in [0.25, 0.3) is 6.43 Å². The van der Waals surface area contributed by atoms with Crippen LogP contribution in [0.1, 0.15) is 20.1 Å². The number of alkyl halides is 2. The number of nitrogen functional groups attached to an aromatic ring is 1. The standard InChI is InChI=1S/C14H18F2N5O6P/c1-6(2)26-28(23)24-3-14(13(15)16)9(27-28)8(22)12(25-14)21-5-20-7-10(17)18-4-19-11(7)21/h4-6,8-9,12-13,22H,3H2,1-2H3,(H2,17,18,19)/t8-,9+,12-,14-,28?/m1/s1. The summed E-state index contributed by atoms with van der Waals surface area (Å²) in [5, 5.41) is 10.7. The number of ether oxygens (including phenoxy) is 1. The van der Waals surface area contributed by atoms with Crippen LogP contribution in [0.25, 0.3) is 11.2 Å². The molecule has 2 aliphatic rings. The number of nitrogens with zero attached hydrogens (tertiary/aromatic N) is 4. The smallest absolute Gasteiger partial charge is 0.386 e. The lowest BCUT2D eigenvalue weighted by Crippen LogP contribution is -2.56. The molecule has 2 fully saturated rings. The van der Waals surface area contributed by atoms with Crippen molar-refractivity contribution in [2.45, 2.75) is 50.4 Å². The number of anilines is 1. The van der Waals surface area contributed by atoms with Crippen molar-refractivity contribution in [1.82, 2.24) is 19.5 Å². The molecule has 2 saturated heterocycles. The minimum atomic E-state index is -4.16. The van der Waals surface area contributed by atoms with Gasteiger partial charge in [-0.3, -0.25) is 18.1 Å². The molecule has 1 unspecified atom stereocenters. The fourth-order valence-corrected chi connectivity index (χ4v) is 4.88. The van der Waals surface area contributed by atoms with E-state index in [-0.39, 0.29) is 17.0 Å². The number of fused-ring (bicyclic) bond motifs is 2. The molecule has 11 nitrogen and oxygen atoms in total. The summed E-state index contributed by atoms with van der Waals surface area (Å²) in [7, 11) is -4.16. The number of hydrogen-bond donors (Lipinski definition) is 2. The number of phosphoric acid groups is 1. The van der Waals surface area contributed by atoms with Crippen LogP contribution < -0.4 is 5.73 Å². The lowest BCUT2D eigenvalue weighted by molar-refractivity contribution is -0.208. The van der Waals surface area contributed by atoms with Gasteiger partial charge in [0, 0.05) is 0 Å². The number of rotatable bonds is 4. The van der Waals surface area contributed by atoms with Gasteiger partial charge < -0.3 is 15.6 Å². The Balaban J connectivity index is 1.73. The van der Waals surface area contributed by atoms with Gasteiger partial charge in [-0.2, -0.15) is 0 Å². The van der Waals surface area contributed by atoms with Crippen molar-refractivity contribution in [3.63, 3.8) is 0 Å². The van der Waals surface area contributed by atoms with Gasteiger partial charge in [-0.25, -0.2) is 28.3 Å². The normalized spacial score (nSPS) is 35.8. The highest BCUT2D eigenvalue weighted by Crippen LogP contribution is 2.61. The predicted molar refractivity (Wildman–Crippen MR) is 89.3 cm³/mol. The molecule has 0 bridgehead atoms. The van der Waals surface area contributed by atoms with Crippen LogP contribution >= 0.6 is 7.82 Å². The van der Waals surface area contributed by atoms with E-state index < -0.39 is 51.0 Å². The molecule has 2 aromatic heterocycles. The SMILES string of the molecule is CC(C)OP1(=O)OC[C@@]2(C(F)F)O[C@@H](n3cnc4c(N)ncnc43)[C@H](O)[C@@H]2O1. The van der Waals surface area contributed by atoms with E-state index in [0.717, 1.165) is 6.33 Å². The molecule has 2 aliphatic heterocycles. The zero-order valence-corrected chi connectivity index (χ0v) is 15.7. The van der Waals surface area contributed by atoms with E-state index in [2.05, 4.69) is 15.0 Å². The first-order valence-electron chi connectivity index (χ1n) is 8.35. The molecule has 14 heteroatoms. The second-order valence-electron chi connectivity index (χ2n) is 6.74. The molecule has 3 N–H and O–H groups in total. The summed E-state index contributed by atoms with van der Waals surface area (Å²) >= 11 is 0. The third-order valence-electron chi connectivity index (χ3n) is 4.49. The topological polar surface area (TPSA) is 144 Å². The maximum Gasteiger partial charge on any atom is 0.475 e. The van der Waals surface area contributed by atoms with E-state index >= 15 is 0 Å². The third-order valence-corrected chi connectivity index (χ3v) is 6.10. The van der Waals surface area contributed by atoms with Crippen molar-refractivity contribution in [3.05, 3.63) is 12.7 Å². The summed E-state index contributed by atoms with van der Waals surface area (Å²) < 4.78 is 62.6. The Hall–Kier alpha value is -1.76. The fraction of sp³-hybridized carbons (Fsp3) is 0.643. The number of nitrogens with two attached hydrogens (primary N) is 1. The second kappa shape index (κ2) is 6.65. The van der Waals surface area contributed by atoms with Gasteiger partial charge in [-0.1, -0.05) is 0 Å². The molecule has 0 radical (unpaired) electrons. The number of halogens is 2. The molecule has 4 heterocycles. The van der Waals surface area contributed by atoms with Gasteiger partial charge in [-0.15, -0.1) is 0 Å². The average Bonchev–Trinajstić information content (AvgIpc) is 3.15. The Labute approximate surface area is 157 Å². The van der Waals surface area contributed by atoms with Gasteiger partial charge in [0.2, 0.25) is 0 Å². The van der Waals surface area contributed by atoms with Crippen LogP contribution in [0, 0.1) is 0 Å².